The molecule has 0 aliphatic carbocycles. The van der Waals surface area contributed by atoms with Crippen molar-refractivity contribution in [2.24, 2.45) is 0 Å². The van der Waals surface area contributed by atoms with Crippen molar-refractivity contribution < 1.29 is 57.2 Å². The number of sulfonamides is 2. The van der Waals surface area contributed by atoms with Crippen LogP contribution in [0, 0.1) is 0 Å². The minimum atomic E-state index is -6.72. The molecule has 0 saturated carbocycles. The number of rotatable bonds is 12. The standard InChI is InChI=1S/C22H28NO2.C2F6NO4S2/c1-3-22(24)25-17-11-16-23(4-2,18-20-12-7-5-8-13-20)19-21-14-9-6-10-15-21;3-1(4,5)14(10,11)9-15(12,13)2(6,7)8/h3,5-10,12-15H,1,4,11,16-19H2,2H3;/q+1;-1. The lowest BCUT2D eigenvalue weighted by Crippen LogP contribution is -2.47. The number of halogens is 6. The molecule has 224 valence electrons. The number of quaternary nitrogens is 1. The van der Waals surface area contributed by atoms with Crippen molar-refractivity contribution in [2.45, 2.75) is 37.5 Å². The number of ether oxygens (including phenoxy) is 1. The van der Waals surface area contributed by atoms with Crippen LogP contribution in [0.2, 0.25) is 0 Å². The molecule has 2 aromatic rings. The summed E-state index contributed by atoms with van der Waals surface area (Å²) in [4.78, 5) is 11.2. The first-order valence-electron chi connectivity index (χ1n) is 11.5. The van der Waals surface area contributed by atoms with Gasteiger partial charge in [-0.25, -0.2) is 21.6 Å². The number of esters is 1. The SMILES string of the molecule is C=CC(=O)OCCC[N+](CC)(Cc1ccccc1)Cc1ccccc1.O=S(=O)([N-]S(=O)(=O)C(F)(F)F)C(F)(F)F. The van der Waals surface area contributed by atoms with Gasteiger partial charge in [-0.1, -0.05) is 67.2 Å². The molecule has 0 radical (unpaired) electrons. The normalized spacial score (nSPS) is 12.7. The number of benzene rings is 2. The van der Waals surface area contributed by atoms with Gasteiger partial charge in [0.2, 0.25) is 0 Å². The van der Waals surface area contributed by atoms with E-state index in [2.05, 4.69) is 74.2 Å². The molecule has 0 aliphatic rings. The fraction of sp³-hybridized carbons (Fsp3) is 0.375. The predicted molar refractivity (Wildman–Crippen MR) is 135 cm³/mol. The van der Waals surface area contributed by atoms with Gasteiger partial charge >= 0.3 is 17.0 Å². The van der Waals surface area contributed by atoms with Crippen LogP contribution in [0.5, 0.6) is 0 Å². The van der Waals surface area contributed by atoms with Crippen LogP contribution < -0.4 is 0 Å². The number of alkyl halides is 6. The minimum absolute atomic E-state index is 0.347. The van der Waals surface area contributed by atoms with Crippen LogP contribution in [-0.2, 0) is 42.7 Å². The van der Waals surface area contributed by atoms with Gasteiger partial charge in [0.05, 0.1) is 19.7 Å². The average molecular weight is 619 g/mol. The average Bonchev–Trinajstić information content (AvgIpc) is 2.86. The number of hydrogen-bond donors (Lipinski definition) is 0. The van der Waals surface area contributed by atoms with E-state index in [1.165, 1.54) is 17.2 Å². The molecule has 0 N–H and O–H groups in total. The van der Waals surface area contributed by atoms with Crippen LogP contribution in [0.4, 0.5) is 26.3 Å². The molecular weight excluding hydrogens is 590 g/mol. The minimum Gasteiger partial charge on any atom is -0.462 e. The van der Waals surface area contributed by atoms with E-state index in [0.29, 0.717) is 6.61 Å². The van der Waals surface area contributed by atoms with E-state index in [4.69, 9.17) is 4.74 Å². The topological polar surface area (TPSA) is 109 Å². The molecule has 0 aliphatic heterocycles. The lowest BCUT2D eigenvalue weighted by molar-refractivity contribution is -0.952. The van der Waals surface area contributed by atoms with Crippen LogP contribution in [0.25, 0.3) is 4.13 Å². The third-order valence-corrected chi connectivity index (χ3v) is 8.10. The summed E-state index contributed by atoms with van der Waals surface area (Å²) >= 11 is 0. The molecule has 40 heavy (non-hydrogen) atoms. The molecule has 0 heterocycles. The molecule has 2 aromatic carbocycles. The quantitative estimate of drug-likeness (QED) is 0.104. The Hall–Kier alpha value is -2.95. The van der Waals surface area contributed by atoms with Crippen LogP contribution in [0.15, 0.2) is 73.3 Å². The van der Waals surface area contributed by atoms with E-state index in [0.717, 1.165) is 41.2 Å². The van der Waals surface area contributed by atoms with Gasteiger partial charge in [-0.05, 0) is 6.92 Å². The fourth-order valence-corrected chi connectivity index (χ4v) is 5.09. The Morgan fingerprint density at radius 1 is 0.850 bits per heavy atom. The summed E-state index contributed by atoms with van der Waals surface area (Å²) in [6, 6.07) is 21.2. The van der Waals surface area contributed by atoms with Gasteiger partial charge in [0.15, 0.2) is 20.0 Å². The Bertz CT molecular complexity index is 1220. The number of carbonyl (C=O) groups is 1. The highest BCUT2D eigenvalue weighted by Crippen LogP contribution is 2.36. The van der Waals surface area contributed by atoms with E-state index >= 15 is 0 Å². The van der Waals surface area contributed by atoms with Crippen molar-refractivity contribution in [3.05, 3.63) is 88.6 Å². The summed E-state index contributed by atoms with van der Waals surface area (Å²) in [5, 5.41) is 0. The Kier molecular flexibility index (Phi) is 12.8. The zero-order valence-electron chi connectivity index (χ0n) is 21.2. The third-order valence-electron chi connectivity index (χ3n) is 5.36. The van der Waals surface area contributed by atoms with Gasteiger partial charge < -0.3 is 13.3 Å². The third kappa shape index (κ3) is 11.3. The van der Waals surface area contributed by atoms with Crippen LogP contribution in [0.1, 0.15) is 24.5 Å². The van der Waals surface area contributed by atoms with Crippen molar-refractivity contribution in [3.8, 4) is 0 Å². The maximum absolute atomic E-state index is 11.4. The number of nitrogens with zero attached hydrogens (tertiary/aromatic N) is 2. The molecule has 2 rings (SSSR count). The van der Waals surface area contributed by atoms with Crippen LogP contribution in [-0.4, -0.2) is 58.0 Å². The van der Waals surface area contributed by atoms with E-state index < -0.39 is 31.1 Å². The number of carbonyl (C=O) groups excluding carboxylic acids is 1. The van der Waals surface area contributed by atoms with E-state index in [-0.39, 0.29) is 5.97 Å². The molecule has 0 atom stereocenters. The smallest absolute Gasteiger partial charge is 0.462 e. The Morgan fingerprint density at radius 2 is 1.25 bits per heavy atom. The van der Waals surface area contributed by atoms with E-state index in [9.17, 15) is 48.0 Å². The van der Waals surface area contributed by atoms with Gasteiger partial charge in [-0.15, -0.1) is 0 Å². The molecule has 16 heteroatoms. The van der Waals surface area contributed by atoms with Crippen LogP contribution >= 0.6 is 0 Å². The summed E-state index contributed by atoms with van der Waals surface area (Å²) in [5.41, 5.74) is -9.73. The highest BCUT2D eigenvalue weighted by Gasteiger charge is 2.47. The highest BCUT2D eigenvalue weighted by molar-refractivity contribution is 8.13. The second-order valence-corrected chi connectivity index (χ2v) is 11.7. The highest BCUT2D eigenvalue weighted by atomic mass is 32.3. The monoisotopic (exact) mass is 618 g/mol. The van der Waals surface area contributed by atoms with Gasteiger partial charge in [0.1, 0.15) is 13.1 Å². The Labute approximate surface area is 228 Å². The first kappa shape index (κ1) is 35.1. The van der Waals surface area contributed by atoms with Gasteiger partial charge in [0, 0.05) is 23.6 Å². The second-order valence-electron chi connectivity index (χ2n) is 8.31. The first-order valence-corrected chi connectivity index (χ1v) is 14.3. The molecule has 0 unspecified atom stereocenters. The van der Waals surface area contributed by atoms with Crippen molar-refractivity contribution in [1.82, 2.24) is 0 Å². The van der Waals surface area contributed by atoms with Crippen molar-refractivity contribution in [1.29, 1.82) is 0 Å². The maximum Gasteiger partial charge on any atom is 0.480 e. The summed E-state index contributed by atoms with van der Waals surface area (Å²) < 4.78 is 115. The molecular formula is C24H28F6N2O6S2. The predicted octanol–water partition coefficient (Wildman–Crippen LogP) is 5.40. The number of hydrogen-bond acceptors (Lipinski definition) is 6. The van der Waals surface area contributed by atoms with Gasteiger partial charge in [-0.3, -0.25) is 0 Å². The fourth-order valence-electron chi connectivity index (χ4n) is 3.38. The lowest BCUT2D eigenvalue weighted by Gasteiger charge is -2.38. The molecule has 0 amide bonds. The van der Waals surface area contributed by atoms with E-state index in [1.54, 1.807) is 0 Å². The molecule has 0 bridgehead atoms. The Morgan fingerprint density at radius 3 is 1.57 bits per heavy atom. The molecule has 0 spiro atoms. The molecule has 0 aromatic heterocycles. The van der Waals surface area contributed by atoms with E-state index in [1.807, 2.05) is 0 Å². The van der Waals surface area contributed by atoms with Gasteiger partial charge in [0.25, 0.3) is 0 Å². The zero-order valence-corrected chi connectivity index (χ0v) is 22.9. The van der Waals surface area contributed by atoms with Crippen LogP contribution in [0.3, 0.4) is 0 Å². The molecule has 0 fully saturated rings. The molecule has 0 saturated heterocycles. The van der Waals surface area contributed by atoms with Crippen molar-refractivity contribution in [2.75, 3.05) is 19.7 Å². The second kappa shape index (κ2) is 14.6. The van der Waals surface area contributed by atoms with Gasteiger partial charge in [-0.2, -0.15) is 26.3 Å². The van der Waals surface area contributed by atoms with Crippen molar-refractivity contribution >= 4 is 26.0 Å². The first-order chi connectivity index (χ1) is 18.4. The Balaban J connectivity index is 0.000000459. The summed E-state index contributed by atoms with van der Waals surface area (Å²) in [6.07, 6.45) is 2.06. The largest absolute Gasteiger partial charge is 0.480 e. The lowest BCUT2D eigenvalue weighted by atomic mass is 10.1. The summed E-state index contributed by atoms with van der Waals surface area (Å²) in [6.45, 7) is 10.1. The summed E-state index contributed by atoms with van der Waals surface area (Å²) in [5.74, 6) is -0.347. The maximum atomic E-state index is 11.4. The molecule has 8 nitrogen and oxygen atoms in total. The van der Waals surface area contributed by atoms with Crippen molar-refractivity contribution in [3.63, 3.8) is 0 Å². The summed E-state index contributed by atoms with van der Waals surface area (Å²) in [7, 11) is -13.4. The zero-order chi connectivity index (χ0) is 30.7.